The zero-order valence-electron chi connectivity index (χ0n) is 13.3. The van der Waals surface area contributed by atoms with Gasteiger partial charge in [0.15, 0.2) is 5.96 Å². The van der Waals surface area contributed by atoms with Crippen LogP contribution in [0.15, 0.2) is 4.99 Å². The Balaban J connectivity index is 0.00000484. The normalized spacial score (nSPS) is 15.9. The van der Waals surface area contributed by atoms with Gasteiger partial charge in [-0.25, -0.2) is 0 Å². The molecule has 0 atom stereocenters. The van der Waals surface area contributed by atoms with E-state index in [1.165, 1.54) is 19.9 Å². The van der Waals surface area contributed by atoms with E-state index in [2.05, 4.69) is 20.9 Å². The number of carbonyl (C=O) groups excluding carboxylic acids is 1. The number of nitrogens with zero attached hydrogens (tertiary/aromatic N) is 1. The summed E-state index contributed by atoms with van der Waals surface area (Å²) in [6.45, 7) is 0.616. The van der Waals surface area contributed by atoms with Crippen LogP contribution >= 0.6 is 24.0 Å². The lowest BCUT2D eigenvalue weighted by Gasteiger charge is -2.14. The number of carbonyl (C=O) groups is 1. The summed E-state index contributed by atoms with van der Waals surface area (Å²) in [4.78, 5) is 15.5. The molecule has 1 fully saturated rings. The molecule has 0 aliphatic heterocycles. The number of nitrogens with one attached hydrogen (secondary N) is 3. The Bertz CT molecular complexity index is 372. The third-order valence-electron chi connectivity index (χ3n) is 3.61. The van der Waals surface area contributed by atoms with E-state index in [0.717, 1.165) is 12.8 Å². The highest BCUT2D eigenvalue weighted by atomic mass is 127. The van der Waals surface area contributed by atoms with Crippen molar-refractivity contribution in [3.8, 4) is 0 Å². The number of hydrogen-bond acceptors (Lipinski definition) is 2. The van der Waals surface area contributed by atoms with Gasteiger partial charge in [-0.3, -0.25) is 9.79 Å². The number of halogens is 4. The number of aliphatic imine (C=N–C) groups is 1. The molecule has 5 nitrogen and oxygen atoms in total. The van der Waals surface area contributed by atoms with Gasteiger partial charge >= 0.3 is 6.18 Å². The maximum atomic E-state index is 12.0. The summed E-state index contributed by atoms with van der Waals surface area (Å²) < 4.78 is 36.1. The van der Waals surface area contributed by atoms with Crippen molar-refractivity contribution >= 4 is 35.8 Å². The second kappa shape index (κ2) is 11.7. The molecule has 0 radical (unpaired) electrons. The van der Waals surface area contributed by atoms with Gasteiger partial charge in [-0.2, -0.15) is 13.2 Å². The lowest BCUT2D eigenvalue weighted by Crippen LogP contribution is -2.42. The molecule has 0 spiro atoms. The molecule has 3 N–H and O–H groups in total. The molecule has 1 saturated carbocycles. The fourth-order valence-corrected chi connectivity index (χ4v) is 2.47. The van der Waals surface area contributed by atoms with Gasteiger partial charge in [0.2, 0.25) is 5.91 Å². The molecular weight excluding hydrogens is 424 g/mol. The maximum Gasteiger partial charge on any atom is 0.390 e. The molecule has 136 valence electrons. The molecule has 23 heavy (non-hydrogen) atoms. The zero-order valence-corrected chi connectivity index (χ0v) is 15.7. The second-order valence-corrected chi connectivity index (χ2v) is 5.50. The predicted molar refractivity (Wildman–Crippen MR) is 95.0 cm³/mol. The predicted octanol–water partition coefficient (Wildman–Crippen LogP) is 2.42. The number of alkyl halides is 3. The topological polar surface area (TPSA) is 65.5 Å². The van der Waals surface area contributed by atoms with Gasteiger partial charge in [-0.1, -0.05) is 12.8 Å². The van der Waals surface area contributed by atoms with E-state index in [0.29, 0.717) is 31.4 Å². The van der Waals surface area contributed by atoms with Crippen LogP contribution in [0.25, 0.3) is 0 Å². The number of rotatable bonds is 7. The fourth-order valence-electron chi connectivity index (χ4n) is 2.47. The smallest absolute Gasteiger partial charge is 0.356 e. The highest BCUT2D eigenvalue weighted by molar-refractivity contribution is 14.0. The van der Waals surface area contributed by atoms with Crippen molar-refractivity contribution < 1.29 is 18.0 Å². The van der Waals surface area contributed by atoms with Crippen molar-refractivity contribution in [1.29, 1.82) is 0 Å². The Morgan fingerprint density at radius 3 is 2.22 bits per heavy atom. The fraction of sp³-hybridized carbons (Fsp3) is 0.857. The molecule has 0 aromatic rings. The largest absolute Gasteiger partial charge is 0.390 e. The molecule has 0 aromatic heterocycles. The van der Waals surface area contributed by atoms with Crippen molar-refractivity contribution in [3.05, 3.63) is 0 Å². The number of guanidine groups is 1. The molecule has 0 heterocycles. The van der Waals surface area contributed by atoms with E-state index >= 15 is 0 Å². The molecule has 0 saturated heterocycles. The van der Waals surface area contributed by atoms with Crippen LogP contribution < -0.4 is 16.0 Å². The summed E-state index contributed by atoms with van der Waals surface area (Å²) in [5.74, 6) is 0.841. The van der Waals surface area contributed by atoms with E-state index in [1.807, 2.05) is 0 Å². The standard InChI is InChI=1S/C14H25F3N4O.HI/c1-18-13(20-7-6-14(15,16)17)21-9-8-19-12(22)10-11-4-2-3-5-11;/h11H,2-10H2,1H3,(H,19,22)(H2,18,20,21);1H. The lowest BCUT2D eigenvalue weighted by molar-refractivity contribution is -0.132. The summed E-state index contributed by atoms with van der Waals surface area (Å²) in [7, 11) is 1.49. The monoisotopic (exact) mass is 450 g/mol. The SMILES string of the molecule is CN=C(NCCNC(=O)CC1CCCC1)NCCC(F)(F)F.I. The van der Waals surface area contributed by atoms with Gasteiger partial charge in [0.1, 0.15) is 0 Å². The first-order valence-electron chi connectivity index (χ1n) is 7.68. The molecule has 1 rings (SSSR count). The van der Waals surface area contributed by atoms with Gasteiger partial charge in [0.05, 0.1) is 6.42 Å². The third kappa shape index (κ3) is 11.4. The van der Waals surface area contributed by atoms with E-state index in [-0.39, 0.29) is 36.4 Å². The van der Waals surface area contributed by atoms with Crippen molar-refractivity contribution in [1.82, 2.24) is 16.0 Å². The minimum atomic E-state index is -4.18. The molecular formula is C14H26F3IN4O. The first-order valence-corrected chi connectivity index (χ1v) is 7.68. The Kier molecular flexibility index (Phi) is 11.4. The van der Waals surface area contributed by atoms with Crippen molar-refractivity contribution in [3.63, 3.8) is 0 Å². The average Bonchev–Trinajstić information content (AvgIpc) is 2.93. The Morgan fingerprint density at radius 2 is 1.65 bits per heavy atom. The summed E-state index contributed by atoms with van der Waals surface area (Å²) >= 11 is 0. The minimum absolute atomic E-state index is 0. The molecule has 0 unspecified atom stereocenters. The molecule has 0 bridgehead atoms. The maximum absolute atomic E-state index is 12.0. The first-order chi connectivity index (χ1) is 10.4. The minimum Gasteiger partial charge on any atom is -0.356 e. The highest BCUT2D eigenvalue weighted by Gasteiger charge is 2.26. The third-order valence-corrected chi connectivity index (χ3v) is 3.61. The van der Waals surface area contributed by atoms with Crippen molar-refractivity contribution in [2.24, 2.45) is 10.9 Å². The van der Waals surface area contributed by atoms with Gasteiger partial charge in [0.25, 0.3) is 0 Å². The molecule has 1 amide bonds. The van der Waals surface area contributed by atoms with Crippen LogP contribution in [-0.2, 0) is 4.79 Å². The van der Waals surface area contributed by atoms with Crippen LogP contribution in [0.3, 0.4) is 0 Å². The average molecular weight is 450 g/mol. The van der Waals surface area contributed by atoms with Crippen LogP contribution in [0.1, 0.15) is 38.5 Å². The molecule has 0 aromatic carbocycles. The van der Waals surface area contributed by atoms with Gasteiger partial charge in [-0.15, -0.1) is 24.0 Å². The Labute approximate surface area is 152 Å². The quantitative estimate of drug-likeness (QED) is 0.242. The van der Waals surface area contributed by atoms with Crippen molar-refractivity contribution in [2.75, 3.05) is 26.7 Å². The zero-order chi connectivity index (χ0) is 16.4. The molecule has 1 aliphatic rings. The molecule has 9 heteroatoms. The highest BCUT2D eigenvalue weighted by Crippen LogP contribution is 2.27. The van der Waals surface area contributed by atoms with Crippen LogP contribution in [0, 0.1) is 5.92 Å². The molecule has 1 aliphatic carbocycles. The Hall–Kier alpha value is -0.740. The number of hydrogen-bond donors (Lipinski definition) is 3. The van der Waals surface area contributed by atoms with Gasteiger partial charge in [0, 0.05) is 33.1 Å². The van der Waals surface area contributed by atoms with Gasteiger partial charge < -0.3 is 16.0 Å². The number of amides is 1. The van der Waals surface area contributed by atoms with E-state index < -0.39 is 12.6 Å². The summed E-state index contributed by atoms with van der Waals surface area (Å²) in [6, 6.07) is 0. The van der Waals surface area contributed by atoms with E-state index in [1.54, 1.807) is 0 Å². The second-order valence-electron chi connectivity index (χ2n) is 5.50. The van der Waals surface area contributed by atoms with Crippen LogP contribution in [0.4, 0.5) is 13.2 Å². The lowest BCUT2D eigenvalue weighted by atomic mass is 10.0. The van der Waals surface area contributed by atoms with Crippen LogP contribution in [0.2, 0.25) is 0 Å². The van der Waals surface area contributed by atoms with Crippen LogP contribution in [0.5, 0.6) is 0 Å². The van der Waals surface area contributed by atoms with E-state index in [4.69, 9.17) is 0 Å². The summed E-state index contributed by atoms with van der Waals surface area (Å²) in [6.07, 6.45) is 0.145. The van der Waals surface area contributed by atoms with Crippen LogP contribution in [-0.4, -0.2) is 44.7 Å². The summed E-state index contributed by atoms with van der Waals surface area (Å²) in [5, 5.41) is 8.25. The summed E-state index contributed by atoms with van der Waals surface area (Å²) in [5.41, 5.74) is 0. The van der Waals surface area contributed by atoms with Gasteiger partial charge in [-0.05, 0) is 18.8 Å². The first kappa shape index (κ1) is 22.3. The van der Waals surface area contributed by atoms with E-state index in [9.17, 15) is 18.0 Å². The Morgan fingerprint density at radius 1 is 1.09 bits per heavy atom. The van der Waals surface area contributed by atoms with Crippen molar-refractivity contribution in [2.45, 2.75) is 44.7 Å².